The summed E-state index contributed by atoms with van der Waals surface area (Å²) in [6, 6.07) is 6.36. The van der Waals surface area contributed by atoms with Gasteiger partial charge in [0.05, 0.1) is 6.10 Å². The molecule has 0 aromatic heterocycles. The molecule has 0 amide bonds. The summed E-state index contributed by atoms with van der Waals surface area (Å²) in [6.45, 7) is 9.93. The number of aliphatic hydroxyl groups is 1. The van der Waals surface area contributed by atoms with Crippen LogP contribution in [-0.4, -0.2) is 11.2 Å². The van der Waals surface area contributed by atoms with E-state index in [0.717, 1.165) is 12.0 Å². The second kappa shape index (κ2) is 5.13. The fraction of sp³-hybridized carbons (Fsp3) is 0.429. The third-order valence-corrected chi connectivity index (χ3v) is 2.54. The molecule has 1 atom stereocenters. The van der Waals surface area contributed by atoms with E-state index in [1.807, 2.05) is 6.92 Å². The maximum absolute atomic E-state index is 9.83. The first-order chi connectivity index (χ1) is 6.99. The summed E-state index contributed by atoms with van der Waals surface area (Å²) in [5.74, 6) is 0. The van der Waals surface area contributed by atoms with Crippen molar-refractivity contribution in [2.45, 2.75) is 39.7 Å². The van der Waals surface area contributed by atoms with E-state index < -0.39 is 0 Å². The molecule has 15 heavy (non-hydrogen) atoms. The van der Waals surface area contributed by atoms with Gasteiger partial charge in [-0.15, -0.1) is 6.58 Å². The maximum Gasteiger partial charge on any atom is 0.0617 e. The summed E-state index contributed by atoms with van der Waals surface area (Å²) in [6.07, 6.45) is 1.11. The molecule has 0 aliphatic carbocycles. The minimum atomic E-state index is -0.303. The van der Waals surface area contributed by atoms with Crippen molar-refractivity contribution in [3.63, 3.8) is 0 Å². The summed E-state index contributed by atoms with van der Waals surface area (Å²) >= 11 is 0. The first-order valence-corrected chi connectivity index (χ1v) is 5.37. The summed E-state index contributed by atoms with van der Waals surface area (Å²) in [5.41, 5.74) is 4.77. The first kappa shape index (κ1) is 12.0. The molecule has 1 heteroatoms. The summed E-state index contributed by atoms with van der Waals surface area (Å²) in [4.78, 5) is 0. The zero-order valence-corrected chi connectivity index (χ0v) is 9.88. The number of aryl methyl sites for hydroxylation is 2. The summed E-state index contributed by atoms with van der Waals surface area (Å²) in [5, 5.41) is 9.83. The molecular weight excluding hydrogens is 184 g/mol. The average Bonchev–Trinajstić information content (AvgIpc) is 2.10. The average molecular weight is 204 g/mol. The third kappa shape index (κ3) is 3.88. The molecule has 0 heterocycles. The molecule has 0 aliphatic rings. The molecule has 0 fully saturated rings. The molecule has 1 N–H and O–H groups in total. The minimum Gasteiger partial charge on any atom is -0.392 e. The monoisotopic (exact) mass is 204 g/mol. The van der Waals surface area contributed by atoms with E-state index in [4.69, 9.17) is 0 Å². The van der Waals surface area contributed by atoms with Gasteiger partial charge in [-0.05, 0) is 44.7 Å². The van der Waals surface area contributed by atoms with Gasteiger partial charge in [-0.25, -0.2) is 0 Å². The van der Waals surface area contributed by atoms with Crippen molar-refractivity contribution < 1.29 is 5.11 Å². The lowest BCUT2D eigenvalue weighted by atomic mass is 9.97. The lowest BCUT2D eigenvalue weighted by molar-refractivity contribution is 0.175. The molecule has 0 spiro atoms. The quantitative estimate of drug-likeness (QED) is 0.747. The Morgan fingerprint density at radius 2 is 2.07 bits per heavy atom. The van der Waals surface area contributed by atoms with Crippen LogP contribution in [0, 0.1) is 13.8 Å². The van der Waals surface area contributed by atoms with Crippen molar-refractivity contribution in [1.82, 2.24) is 0 Å². The van der Waals surface area contributed by atoms with Gasteiger partial charge < -0.3 is 5.11 Å². The van der Waals surface area contributed by atoms with Gasteiger partial charge in [0.25, 0.3) is 0 Å². The predicted octanol–water partition coefficient (Wildman–Crippen LogP) is 3.17. The highest BCUT2D eigenvalue weighted by atomic mass is 16.3. The highest BCUT2D eigenvalue weighted by molar-refractivity contribution is 5.31. The van der Waals surface area contributed by atoms with Crippen LogP contribution in [0.1, 0.15) is 30.0 Å². The van der Waals surface area contributed by atoms with Crippen molar-refractivity contribution in [2.24, 2.45) is 0 Å². The van der Waals surface area contributed by atoms with Gasteiger partial charge in [0.1, 0.15) is 0 Å². The van der Waals surface area contributed by atoms with Crippen LogP contribution in [0.3, 0.4) is 0 Å². The van der Waals surface area contributed by atoms with E-state index in [0.29, 0.717) is 6.42 Å². The van der Waals surface area contributed by atoms with Gasteiger partial charge in [-0.2, -0.15) is 0 Å². The molecule has 1 unspecified atom stereocenters. The van der Waals surface area contributed by atoms with E-state index in [2.05, 4.69) is 38.6 Å². The van der Waals surface area contributed by atoms with Crippen molar-refractivity contribution in [1.29, 1.82) is 0 Å². The molecule has 1 aromatic carbocycles. The predicted molar refractivity (Wildman–Crippen MR) is 65.1 cm³/mol. The van der Waals surface area contributed by atoms with Gasteiger partial charge in [0.15, 0.2) is 0 Å². The zero-order chi connectivity index (χ0) is 11.4. The zero-order valence-electron chi connectivity index (χ0n) is 9.88. The second-order valence-electron chi connectivity index (χ2n) is 4.45. The first-order valence-electron chi connectivity index (χ1n) is 5.37. The topological polar surface area (TPSA) is 20.2 Å². The van der Waals surface area contributed by atoms with Crippen molar-refractivity contribution in [3.05, 3.63) is 47.0 Å². The number of rotatable bonds is 4. The smallest absolute Gasteiger partial charge is 0.0617 e. The molecule has 1 aromatic rings. The fourth-order valence-corrected chi connectivity index (χ4v) is 1.75. The highest BCUT2D eigenvalue weighted by Crippen LogP contribution is 2.15. The maximum atomic E-state index is 9.83. The van der Waals surface area contributed by atoms with E-state index in [-0.39, 0.29) is 6.10 Å². The largest absolute Gasteiger partial charge is 0.392 e. The lowest BCUT2D eigenvalue weighted by Gasteiger charge is -2.13. The SMILES string of the molecule is C=C(C)CC(O)Cc1cc(C)ccc1C. The lowest BCUT2D eigenvalue weighted by Crippen LogP contribution is -2.11. The van der Waals surface area contributed by atoms with Crippen LogP contribution < -0.4 is 0 Å². The van der Waals surface area contributed by atoms with Gasteiger partial charge in [0, 0.05) is 0 Å². The van der Waals surface area contributed by atoms with Crippen LogP contribution in [0.5, 0.6) is 0 Å². The second-order valence-corrected chi connectivity index (χ2v) is 4.45. The molecule has 0 saturated carbocycles. The molecular formula is C14H20O. The van der Waals surface area contributed by atoms with Crippen LogP contribution in [0.2, 0.25) is 0 Å². The van der Waals surface area contributed by atoms with Gasteiger partial charge in [0.2, 0.25) is 0 Å². The Bertz CT molecular complexity index is 352. The van der Waals surface area contributed by atoms with Crippen molar-refractivity contribution in [3.8, 4) is 0 Å². The minimum absolute atomic E-state index is 0.303. The van der Waals surface area contributed by atoms with E-state index in [1.54, 1.807) is 0 Å². The molecule has 1 nitrogen and oxygen atoms in total. The van der Waals surface area contributed by atoms with Gasteiger partial charge in [-0.1, -0.05) is 29.3 Å². The molecule has 0 saturated heterocycles. The van der Waals surface area contributed by atoms with Crippen LogP contribution >= 0.6 is 0 Å². The Kier molecular flexibility index (Phi) is 4.10. The molecule has 0 radical (unpaired) electrons. The van der Waals surface area contributed by atoms with E-state index in [9.17, 15) is 5.11 Å². The van der Waals surface area contributed by atoms with Crippen molar-refractivity contribution >= 4 is 0 Å². The Labute approximate surface area is 92.5 Å². The normalized spacial score (nSPS) is 12.5. The standard InChI is InChI=1S/C14H20O/c1-10(2)7-14(15)9-13-8-11(3)5-6-12(13)4/h5-6,8,14-15H,1,7,9H2,2-4H3. The van der Waals surface area contributed by atoms with Crippen LogP contribution in [-0.2, 0) is 6.42 Å². The number of hydrogen-bond donors (Lipinski definition) is 1. The number of aliphatic hydroxyl groups excluding tert-OH is 1. The summed E-state index contributed by atoms with van der Waals surface area (Å²) < 4.78 is 0. The van der Waals surface area contributed by atoms with Gasteiger partial charge >= 0.3 is 0 Å². The van der Waals surface area contributed by atoms with E-state index in [1.165, 1.54) is 16.7 Å². The third-order valence-electron chi connectivity index (χ3n) is 2.54. The molecule has 82 valence electrons. The Morgan fingerprint density at radius 1 is 1.40 bits per heavy atom. The number of hydrogen-bond acceptors (Lipinski definition) is 1. The molecule has 1 rings (SSSR count). The van der Waals surface area contributed by atoms with Crippen molar-refractivity contribution in [2.75, 3.05) is 0 Å². The molecule has 0 bridgehead atoms. The highest BCUT2D eigenvalue weighted by Gasteiger charge is 2.07. The summed E-state index contributed by atoms with van der Waals surface area (Å²) in [7, 11) is 0. The fourth-order valence-electron chi connectivity index (χ4n) is 1.75. The Hall–Kier alpha value is -1.08. The van der Waals surface area contributed by atoms with Crippen LogP contribution in [0.25, 0.3) is 0 Å². The van der Waals surface area contributed by atoms with E-state index >= 15 is 0 Å². The Morgan fingerprint density at radius 3 is 2.67 bits per heavy atom. The Balaban J connectivity index is 2.71. The van der Waals surface area contributed by atoms with Gasteiger partial charge in [-0.3, -0.25) is 0 Å². The number of benzene rings is 1. The van der Waals surface area contributed by atoms with Crippen LogP contribution in [0.15, 0.2) is 30.4 Å². The van der Waals surface area contributed by atoms with Crippen LogP contribution in [0.4, 0.5) is 0 Å². The molecule has 0 aliphatic heterocycles.